The standard InChI is InChI=1S/C25H25N3O3/c1-16-22(24(29)26-20-11-7-8-12-21(20)31-4)23(28(3)25(30)27(16)2)19-14-13-17-9-5-6-10-18(17)15-19/h5-15,23H,1-4H3,(H,26,29)/t23-/m0/s1. The Hall–Kier alpha value is -3.80. The fourth-order valence-corrected chi connectivity index (χ4v) is 4.06. The number of hydrogen-bond acceptors (Lipinski definition) is 3. The van der Waals surface area contributed by atoms with Crippen LogP contribution in [0.3, 0.4) is 0 Å². The molecule has 0 unspecified atom stereocenters. The van der Waals surface area contributed by atoms with Gasteiger partial charge in [0, 0.05) is 19.8 Å². The lowest BCUT2D eigenvalue weighted by atomic mass is 9.91. The lowest BCUT2D eigenvalue weighted by Gasteiger charge is -2.40. The minimum Gasteiger partial charge on any atom is -0.495 e. The van der Waals surface area contributed by atoms with E-state index in [1.807, 2.05) is 54.6 Å². The number of allylic oxidation sites excluding steroid dienone is 1. The van der Waals surface area contributed by atoms with Crippen molar-refractivity contribution in [3.63, 3.8) is 0 Å². The molecule has 1 aliphatic heterocycles. The molecule has 0 saturated heterocycles. The van der Waals surface area contributed by atoms with Crippen LogP contribution in [0.5, 0.6) is 5.75 Å². The number of para-hydroxylation sites is 2. The predicted octanol–water partition coefficient (Wildman–Crippen LogP) is 4.80. The number of likely N-dealkylation sites (N-methyl/N-ethyl adjacent to an activating group) is 1. The van der Waals surface area contributed by atoms with Crippen molar-refractivity contribution < 1.29 is 14.3 Å². The lowest BCUT2D eigenvalue weighted by molar-refractivity contribution is -0.113. The van der Waals surface area contributed by atoms with Crippen molar-refractivity contribution >= 4 is 28.4 Å². The molecule has 1 atom stereocenters. The quantitative estimate of drug-likeness (QED) is 0.666. The number of fused-ring (bicyclic) bond motifs is 1. The van der Waals surface area contributed by atoms with Gasteiger partial charge >= 0.3 is 6.03 Å². The molecule has 0 aliphatic carbocycles. The molecule has 0 aromatic heterocycles. The number of ether oxygens (including phenoxy) is 1. The number of hydrogen-bond donors (Lipinski definition) is 1. The summed E-state index contributed by atoms with van der Waals surface area (Å²) in [4.78, 5) is 29.5. The minimum absolute atomic E-state index is 0.162. The summed E-state index contributed by atoms with van der Waals surface area (Å²) in [6.07, 6.45) is 0. The van der Waals surface area contributed by atoms with Crippen molar-refractivity contribution in [2.75, 3.05) is 26.5 Å². The van der Waals surface area contributed by atoms with Crippen molar-refractivity contribution in [2.45, 2.75) is 13.0 Å². The molecule has 3 aromatic rings. The Balaban J connectivity index is 1.81. The molecule has 1 heterocycles. The zero-order valence-corrected chi connectivity index (χ0v) is 18.0. The maximum absolute atomic E-state index is 13.5. The Kier molecular flexibility index (Phi) is 5.38. The van der Waals surface area contributed by atoms with Gasteiger partial charge in [-0.2, -0.15) is 0 Å². The van der Waals surface area contributed by atoms with Crippen LogP contribution in [0.2, 0.25) is 0 Å². The molecule has 3 amide bonds. The van der Waals surface area contributed by atoms with E-state index < -0.39 is 6.04 Å². The van der Waals surface area contributed by atoms with Crippen LogP contribution >= 0.6 is 0 Å². The number of anilines is 1. The fraction of sp³-hybridized carbons (Fsp3) is 0.200. The zero-order valence-electron chi connectivity index (χ0n) is 18.0. The molecule has 158 valence electrons. The van der Waals surface area contributed by atoms with Crippen LogP contribution in [0.1, 0.15) is 18.5 Å². The van der Waals surface area contributed by atoms with Crippen molar-refractivity contribution in [2.24, 2.45) is 0 Å². The van der Waals surface area contributed by atoms with Gasteiger partial charge in [-0.3, -0.25) is 4.79 Å². The highest BCUT2D eigenvalue weighted by Crippen LogP contribution is 2.37. The number of amides is 3. The second-order valence-corrected chi connectivity index (χ2v) is 7.62. The fourth-order valence-electron chi connectivity index (χ4n) is 4.06. The number of nitrogens with one attached hydrogen (secondary N) is 1. The molecule has 6 nitrogen and oxygen atoms in total. The van der Waals surface area contributed by atoms with Gasteiger partial charge in [-0.05, 0) is 41.5 Å². The van der Waals surface area contributed by atoms with E-state index in [9.17, 15) is 9.59 Å². The van der Waals surface area contributed by atoms with Crippen molar-refractivity contribution in [1.29, 1.82) is 0 Å². The Morgan fingerprint density at radius 2 is 1.65 bits per heavy atom. The van der Waals surface area contributed by atoms with Crippen LogP contribution in [-0.4, -0.2) is 42.9 Å². The van der Waals surface area contributed by atoms with E-state index >= 15 is 0 Å². The first-order valence-electron chi connectivity index (χ1n) is 10.1. The van der Waals surface area contributed by atoms with E-state index in [0.29, 0.717) is 22.7 Å². The second kappa shape index (κ2) is 8.14. The molecule has 6 heteroatoms. The molecule has 0 saturated carbocycles. The second-order valence-electron chi connectivity index (χ2n) is 7.62. The smallest absolute Gasteiger partial charge is 0.324 e. The summed E-state index contributed by atoms with van der Waals surface area (Å²) >= 11 is 0. The van der Waals surface area contributed by atoms with Crippen molar-refractivity contribution in [3.05, 3.63) is 83.6 Å². The molecule has 0 fully saturated rings. The van der Waals surface area contributed by atoms with Crippen LogP contribution in [0, 0.1) is 0 Å². The van der Waals surface area contributed by atoms with Gasteiger partial charge in [0.2, 0.25) is 0 Å². The third-order valence-electron chi connectivity index (χ3n) is 5.83. The van der Waals surface area contributed by atoms with E-state index in [4.69, 9.17) is 4.74 Å². The van der Waals surface area contributed by atoms with E-state index in [2.05, 4.69) is 5.32 Å². The summed E-state index contributed by atoms with van der Waals surface area (Å²) < 4.78 is 5.37. The molecular weight excluding hydrogens is 390 g/mol. The van der Waals surface area contributed by atoms with Crippen molar-refractivity contribution in [1.82, 2.24) is 9.80 Å². The molecule has 0 bridgehead atoms. The van der Waals surface area contributed by atoms with Gasteiger partial charge in [0.25, 0.3) is 5.91 Å². The Bertz CT molecular complexity index is 1200. The van der Waals surface area contributed by atoms with Gasteiger partial charge in [-0.25, -0.2) is 4.79 Å². The summed E-state index contributed by atoms with van der Waals surface area (Å²) in [6, 6.07) is 20.7. The zero-order chi connectivity index (χ0) is 22.1. The van der Waals surface area contributed by atoms with Gasteiger partial charge in [-0.1, -0.05) is 48.5 Å². The molecule has 4 rings (SSSR count). The van der Waals surface area contributed by atoms with Gasteiger partial charge in [0.15, 0.2) is 0 Å². The molecule has 1 aliphatic rings. The maximum Gasteiger partial charge on any atom is 0.324 e. The van der Waals surface area contributed by atoms with Gasteiger partial charge in [0.05, 0.1) is 24.4 Å². The third-order valence-corrected chi connectivity index (χ3v) is 5.83. The highest BCUT2D eigenvalue weighted by molar-refractivity contribution is 6.07. The van der Waals surface area contributed by atoms with Crippen LogP contribution in [0.25, 0.3) is 10.8 Å². The average Bonchev–Trinajstić information content (AvgIpc) is 2.79. The first-order chi connectivity index (χ1) is 14.9. The first-order valence-corrected chi connectivity index (χ1v) is 10.1. The number of urea groups is 1. The Morgan fingerprint density at radius 1 is 0.968 bits per heavy atom. The van der Waals surface area contributed by atoms with E-state index in [-0.39, 0.29) is 11.9 Å². The largest absolute Gasteiger partial charge is 0.495 e. The van der Waals surface area contributed by atoms with Crippen LogP contribution in [0.4, 0.5) is 10.5 Å². The number of benzene rings is 3. The van der Waals surface area contributed by atoms with E-state index in [1.165, 1.54) is 4.90 Å². The van der Waals surface area contributed by atoms with E-state index in [0.717, 1.165) is 16.3 Å². The van der Waals surface area contributed by atoms with E-state index in [1.54, 1.807) is 45.2 Å². The molecule has 31 heavy (non-hydrogen) atoms. The highest BCUT2D eigenvalue weighted by atomic mass is 16.5. The highest BCUT2D eigenvalue weighted by Gasteiger charge is 2.38. The van der Waals surface area contributed by atoms with Gasteiger partial charge < -0.3 is 19.9 Å². The molecular formula is C25H25N3O3. The maximum atomic E-state index is 13.5. The summed E-state index contributed by atoms with van der Waals surface area (Å²) in [5.74, 6) is 0.302. The number of methoxy groups -OCH3 is 1. The van der Waals surface area contributed by atoms with Crippen LogP contribution < -0.4 is 10.1 Å². The monoisotopic (exact) mass is 415 g/mol. The number of carbonyl (C=O) groups excluding carboxylic acids is 2. The minimum atomic E-state index is -0.511. The summed E-state index contributed by atoms with van der Waals surface area (Å²) in [6.45, 7) is 1.80. The number of carbonyl (C=O) groups is 2. The van der Waals surface area contributed by atoms with Gasteiger partial charge in [-0.15, -0.1) is 0 Å². The predicted molar refractivity (Wildman–Crippen MR) is 122 cm³/mol. The van der Waals surface area contributed by atoms with Gasteiger partial charge in [0.1, 0.15) is 5.75 Å². The average molecular weight is 415 g/mol. The SMILES string of the molecule is COc1ccccc1NC(=O)C1=C(C)N(C)C(=O)N(C)[C@H]1c1ccc2ccccc2c1. The van der Waals surface area contributed by atoms with Crippen molar-refractivity contribution in [3.8, 4) is 5.75 Å². The van der Waals surface area contributed by atoms with Crippen LogP contribution in [-0.2, 0) is 4.79 Å². The molecule has 0 radical (unpaired) electrons. The number of nitrogens with zero attached hydrogens (tertiary/aromatic N) is 2. The first kappa shape index (κ1) is 20.5. The topological polar surface area (TPSA) is 61.9 Å². The molecule has 3 aromatic carbocycles. The summed E-state index contributed by atoms with van der Waals surface area (Å²) in [5.41, 5.74) is 2.60. The molecule has 1 N–H and O–H groups in total. The molecule has 0 spiro atoms. The Morgan fingerprint density at radius 3 is 2.39 bits per heavy atom. The summed E-state index contributed by atoms with van der Waals surface area (Å²) in [5, 5.41) is 5.13. The van der Waals surface area contributed by atoms with Crippen LogP contribution in [0.15, 0.2) is 78.0 Å². The summed E-state index contributed by atoms with van der Waals surface area (Å²) in [7, 11) is 4.97. The normalized spacial score (nSPS) is 16.6. The number of rotatable bonds is 4. The lowest BCUT2D eigenvalue weighted by Crippen LogP contribution is -2.47. The third kappa shape index (κ3) is 3.61. The Labute approximate surface area is 181 Å².